The first-order valence-corrected chi connectivity index (χ1v) is 13.5. The van der Waals surface area contributed by atoms with Crippen molar-refractivity contribution in [2.45, 2.75) is 25.8 Å². The number of anilines is 2. The van der Waals surface area contributed by atoms with Crippen molar-refractivity contribution in [1.82, 2.24) is 14.7 Å². The van der Waals surface area contributed by atoms with Gasteiger partial charge in [-0.15, -0.1) is 0 Å². The summed E-state index contributed by atoms with van der Waals surface area (Å²) >= 11 is 5.64. The fourth-order valence-corrected chi connectivity index (χ4v) is 5.42. The van der Waals surface area contributed by atoms with Crippen molar-refractivity contribution < 1.29 is 19.1 Å². The van der Waals surface area contributed by atoms with Gasteiger partial charge in [0.25, 0.3) is 5.91 Å². The van der Waals surface area contributed by atoms with Crippen LogP contribution in [0.1, 0.15) is 19.8 Å². The molecule has 2 aromatic carbocycles. The van der Waals surface area contributed by atoms with Crippen LogP contribution in [0.25, 0.3) is 0 Å². The molecule has 38 heavy (non-hydrogen) atoms. The summed E-state index contributed by atoms with van der Waals surface area (Å²) in [5, 5.41) is 3.40. The van der Waals surface area contributed by atoms with E-state index in [0.717, 1.165) is 44.9 Å². The largest absolute Gasteiger partial charge is 0.497 e. The van der Waals surface area contributed by atoms with E-state index in [2.05, 4.69) is 27.2 Å². The van der Waals surface area contributed by atoms with E-state index in [9.17, 15) is 9.59 Å². The number of hydrogen-bond donors (Lipinski definition) is 1. The lowest BCUT2D eigenvalue weighted by atomic mass is 10.1. The second-order valence-corrected chi connectivity index (χ2v) is 9.80. The van der Waals surface area contributed by atoms with E-state index >= 15 is 0 Å². The number of rotatable bonds is 11. The number of carbonyl (C=O) groups is 2. The van der Waals surface area contributed by atoms with Crippen molar-refractivity contribution in [3.05, 3.63) is 48.5 Å². The minimum absolute atomic E-state index is 0.0576. The first-order chi connectivity index (χ1) is 18.4. The third kappa shape index (κ3) is 6.54. The molecule has 2 aromatic rings. The molecule has 0 bridgehead atoms. The molecule has 0 unspecified atom stereocenters. The van der Waals surface area contributed by atoms with Gasteiger partial charge in [-0.1, -0.05) is 0 Å². The Morgan fingerprint density at radius 2 is 1.55 bits per heavy atom. The summed E-state index contributed by atoms with van der Waals surface area (Å²) < 4.78 is 10.4. The van der Waals surface area contributed by atoms with Gasteiger partial charge in [-0.3, -0.25) is 19.4 Å². The van der Waals surface area contributed by atoms with Crippen molar-refractivity contribution in [2.24, 2.45) is 0 Å². The van der Waals surface area contributed by atoms with Crippen LogP contribution in [0, 0.1) is 0 Å². The number of thiocarbonyl (C=S) groups is 1. The number of benzene rings is 2. The highest BCUT2D eigenvalue weighted by atomic mass is 32.1. The van der Waals surface area contributed by atoms with Crippen LogP contribution in [-0.2, 0) is 9.59 Å². The Morgan fingerprint density at radius 3 is 2.13 bits per heavy atom. The number of hydrogen-bond acceptors (Lipinski definition) is 7. The van der Waals surface area contributed by atoms with E-state index in [4.69, 9.17) is 21.7 Å². The third-order valence-electron chi connectivity index (χ3n) is 7.16. The molecule has 0 radical (unpaired) electrons. The molecule has 2 fully saturated rings. The highest BCUT2D eigenvalue weighted by molar-refractivity contribution is 7.80. The lowest BCUT2D eigenvalue weighted by molar-refractivity contribution is -0.130. The van der Waals surface area contributed by atoms with Gasteiger partial charge in [-0.05, 0) is 80.6 Å². The molecule has 1 N–H and O–H groups in total. The molecule has 2 heterocycles. The molecule has 2 amide bonds. The third-order valence-corrected chi connectivity index (χ3v) is 7.61. The van der Waals surface area contributed by atoms with Crippen LogP contribution in [0.2, 0.25) is 0 Å². The van der Waals surface area contributed by atoms with Gasteiger partial charge < -0.3 is 24.6 Å². The Hall–Kier alpha value is -3.37. The number of piperazine rings is 1. The van der Waals surface area contributed by atoms with Crippen LogP contribution in [0.4, 0.5) is 11.4 Å². The highest BCUT2D eigenvalue weighted by Crippen LogP contribution is 2.23. The quantitative estimate of drug-likeness (QED) is 0.437. The van der Waals surface area contributed by atoms with Crippen LogP contribution in [0.15, 0.2) is 48.5 Å². The van der Waals surface area contributed by atoms with Gasteiger partial charge in [-0.2, -0.15) is 0 Å². The first kappa shape index (κ1) is 27.7. The lowest BCUT2D eigenvalue weighted by Crippen LogP contribution is -2.47. The van der Waals surface area contributed by atoms with Crippen LogP contribution in [0.5, 0.6) is 11.5 Å². The summed E-state index contributed by atoms with van der Waals surface area (Å²) in [6.45, 7) is 7.84. The van der Waals surface area contributed by atoms with E-state index in [-0.39, 0.29) is 18.2 Å². The van der Waals surface area contributed by atoms with Gasteiger partial charge in [0.2, 0.25) is 5.91 Å². The predicted molar refractivity (Wildman–Crippen MR) is 153 cm³/mol. The maximum Gasteiger partial charge on any atom is 0.252 e. The summed E-state index contributed by atoms with van der Waals surface area (Å²) in [4.78, 5) is 34.3. The number of carbonyl (C=O) groups excluding carboxylic acids is 2. The van der Waals surface area contributed by atoms with Crippen LogP contribution in [0.3, 0.4) is 0 Å². The number of nitrogens with zero attached hydrogens (tertiary/aromatic N) is 4. The molecular weight excluding hydrogens is 502 g/mol. The molecule has 1 atom stereocenters. The van der Waals surface area contributed by atoms with E-state index in [0.29, 0.717) is 29.6 Å². The summed E-state index contributed by atoms with van der Waals surface area (Å²) in [7, 11) is 3.27. The maximum atomic E-state index is 13.1. The Kier molecular flexibility index (Phi) is 9.41. The van der Waals surface area contributed by atoms with Crippen molar-refractivity contribution in [3.8, 4) is 11.5 Å². The van der Waals surface area contributed by atoms with Crippen molar-refractivity contribution in [3.63, 3.8) is 0 Å². The monoisotopic (exact) mass is 539 g/mol. The van der Waals surface area contributed by atoms with Gasteiger partial charge in [0.05, 0.1) is 20.6 Å². The van der Waals surface area contributed by atoms with Crippen LogP contribution < -0.4 is 19.7 Å². The summed E-state index contributed by atoms with van der Waals surface area (Å²) in [5.74, 6) is 1.26. The van der Waals surface area contributed by atoms with Gasteiger partial charge in [0.1, 0.15) is 17.5 Å². The standard InChI is InChI=1S/C28H37N5O4S/c1-4-32-27(35)25(20-26(34)29-21-6-10-23(36-2)11-7-21)33(28(32)38)15-5-14-30-16-18-31(19-17-30)22-8-12-24(37-3)13-9-22/h6-13,25H,4-5,14-20H2,1-3H3,(H,29,34)/t25-/m1/s1. The summed E-state index contributed by atoms with van der Waals surface area (Å²) in [5.41, 5.74) is 1.87. The molecular formula is C28H37N5O4S. The molecule has 204 valence electrons. The molecule has 10 heteroatoms. The van der Waals surface area contributed by atoms with E-state index < -0.39 is 6.04 Å². The fraction of sp³-hybridized carbons (Fsp3) is 0.464. The van der Waals surface area contributed by atoms with Gasteiger partial charge in [0.15, 0.2) is 5.11 Å². The Bertz CT molecular complexity index is 1100. The highest BCUT2D eigenvalue weighted by Gasteiger charge is 2.42. The smallest absolute Gasteiger partial charge is 0.252 e. The minimum Gasteiger partial charge on any atom is -0.497 e. The molecule has 2 saturated heterocycles. The van der Waals surface area contributed by atoms with Gasteiger partial charge in [0, 0.05) is 50.6 Å². The average molecular weight is 540 g/mol. The Labute approximate surface area is 230 Å². The Balaban J connectivity index is 1.28. The number of methoxy groups -OCH3 is 2. The number of likely N-dealkylation sites (N-methyl/N-ethyl adjacent to an activating group) is 1. The van der Waals surface area contributed by atoms with Crippen LogP contribution >= 0.6 is 12.2 Å². The molecule has 0 aliphatic carbocycles. The normalized spacial score (nSPS) is 18.2. The molecule has 0 spiro atoms. The molecule has 0 aromatic heterocycles. The van der Waals surface area contributed by atoms with Gasteiger partial charge in [-0.25, -0.2) is 0 Å². The van der Waals surface area contributed by atoms with Crippen molar-refractivity contribution in [1.29, 1.82) is 0 Å². The van der Waals surface area contributed by atoms with E-state index in [1.165, 1.54) is 5.69 Å². The maximum absolute atomic E-state index is 13.1. The second-order valence-electron chi connectivity index (χ2n) is 9.44. The SMILES string of the molecule is CCN1C(=O)[C@@H](CC(=O)Nc2ccc(OC)cc2)N(CCCN2CCN(c3ccc(OC)cc3)CC2)C1=S. The zero-order valence-corrected chi connectivity index (χ0v) is 23.2. The summed E-state index contributed by atoms with van der Waals surface area (Å²) in [6, 6.07) is 14.7. The summed E-state index contributed by atoms with van der Waals surface area (Å²) in [6.07, 6.45) is 0.923. The molecule has 0 saturated carbocycles. The Morgan fingerprint density at radius 1 is 0.947 bits per heavy atom. The number of ether oxygens (including phenoxy) is 2. The molecule has 9 nitrogen and oxygen atoms in total. The van der Waals surface area contributed by atoms with Crippen molar-refractivity contribution >= 4 is 40.5 Å². The lowest BCUT2D eigenvalue weighted by Gasteiger charge is -2.36. The predicted octanol–water partition coefficient (Wildman–Crippen LogP) is 3.06. The minimum atomic E-state index is -0.576. The zero-order valence-electron chi connectivity index (χ0n) is 22.4. The average Bonchev–Trinajstić information content (AvgIpc) is 3.17. The zero-order chi connectivity index (χ0) is 27.1. The van der Waals surface area contributed by atoms with Crippen LogP contribution in [-0.4, -0.2) is 97.7 Å². The number of amides is 2. The van der Waals surface area contributed by atoms with E-state index in [1.54, 1.807) is 43.4 Å². The molecule has 2 aliphatic rings. The van der Waals surface area contributed by atoms with Crippen molar-refractivity contribution in [2.75, 3.05) is 70.2 Å². The number of nitrogens with one attached hydrogen (secondary N) is 1. The first-order valence-electron chi connectivity index (χ1n) is 13.1. The second kappa shape index (κ2) is 12.9. The topological polar surface area (TPSA) is 77.6 Å². The molecule has 4 rings (SSSR count). The van der Waals surface area contributed by atoms with Gasteiger partial charge >= 0.3 is 0 Å². The van der Waals surface area contributed by atoms with E-state index in [1.807, 2.05) is 24.0 Å². The molecule has 2 aliphatic heterocycles. The fourth-order valence-electron chi connectivity index (χ4n) is 4.99.